The van der Waals surface area contributed by atoms with Crippen molar-refractivity contribution >= 4 is 11.8 Å². The van der Waals surface area contributed by atoms with Gasteiger partial charge in [-0.25, -0.2) is 4.39 Å². The first-order valence-electron chi connectivity index (χ1n) is 4.75. The summed E-state index contributed by atoms with van der Waals surface area (Å²) in [7, 11) is 0. The normalized spacial score (nSPS) is 17.4. The Kier molecular flexibility index (Phi) is 1.88. The van der Waals surface area contributed by atoms with Crippen molar-refractivity contribution in [2.45, 2.75) is 26.3 Å². The maximum Gasteiger partial charge on any atom is 0.125 e. The molecule has 0 spiro atoms. The van der Waals surface area contributed by atoms with Gasteiger partial charge in [0.2, 0.25) is 0 Å². The number of aryl methyl sites for hydroxylation is 1. The van der Waals surface area contributed by atoms with E-state index in [9.17, 15) is 4.39 Å². The first-order chi connectivity index (χ1) is 6.48. The Morgan fingerprint density at radius 3 is 2.71 bits per heavy atom. The van der Waals surface area contributed by atoms with Gasteiger partial charge >= 0.3 is 0 Å². The summed E-state index contributed by atoms with van der Waals surface area (Å²) in [5.74, 6) is -0.181. The van der Waals surface area contributed by atoms with Gasteiger partial charge in [0.05, 0.1) is 5.54 Å². The molecular weight excluding hydrogens is 177 g/mol. The van der Waals surface area contributed by atoms with E-state index in [1.165, 1.54) is 0 Å². The smallest absolute Gasteiger partial charge is 0.125 e. The Labute approximate surface area is 83.6 Å². The second kappa shape index (κ2) is 2.84. The summed E-state index contributed by atoms with van der Waals surface area (Å²) in [5.41, 5.74) is 2.85. The fraction of sp³-hybridized carbons (Fsp3) is 0.333. The van der Waals surface area contributed by atoms with Crippen molar-refractivity contribution < 1.29 is 4.39 Å². The maximum absolute atomic E-state index is 13.1. The molecule has 2 rings (SSSR count). The van der Waals surface area contributed by atoms with Gasteiger partial charge in [-0.3, -0.25) is 0 Å². The Morgan fingerprint density at radius 1 is 1.29 bits per heavy atom. The molecule has 2 heteroatoms. The monoisotopic (exact) mass is 191 g/mol. The molecule has 1 aliphatic rings. The lowest BCUT2D eigenvalue weighted by atomic mass is 9.94. The number of hydrogen-bond acceptors (Lipinski definition) is 1. The lowest BCUT2D eigenvalue weighted by molar-refractivity contribution is 0.624. The molecule has 1 N–H and O–H groups in total. The van der Waals surface area contributed by atoms with Crippen LogP contribution in [0.3, 0.4) is 0 Å². The molecule has 0 saturated heterocycles. The van der Waals surface area contributed by atoms with Gasteiger partial charge in [-0.15, -0.1) is 0 Å². The van der Waals surface area contributed by atoms with Crippen LogP contribution in [-0.4, -0.2) is 5.54 Å². The van der Waals surface area contributed by atoms with Crippen LogP contribution >= 0.6 is 0 Å². The second-order valence-electron chi connectivity index (χ2n) is 4.36. The van der Waals surface area contributed by atoms with E-state index in [4.69, 9.17) is 0 Å². The maximum atomic E-state index is 13.1. The zero-order valence-electron chi connectivity index (χ0n) is 8.69. The molecule has 0 unspecified atom stereocenters. The second-order valence-corrected chi connectivity index (χ2v) is 4.36. The van der Waals surface area contributed by atoms with E-state index in [0.29, 0.717) is 0 Å². The van der Waals surface area contributed by atoms with Crippen molar-refractivity contribution in [1.29, 1.82) is 0 Å². The van der Waals surface area contributed by atoms with Crippen LogP contribution in [0.1, 0.15) is 25.0 Å². The quantitative estimate of drug-likeness (QED) is 0.663. The molecule has 0 atom stereocenters. The highest BCUT2D eigenvalue weighted by molar-refractivity contribution is 5.74. The predicted octanol–water partition coefficient (Wildman–Crippen LogP) is 3.35. The molecule has 0 radical (unpaired) electrons. The summed E-state index contributed by atoms with van der Waals surface area (Å²) in [6, 6.07) is 3.11. The van der Waals surface area contributed by atoms with Crippen LogP contribution in [0, 0.1) is 12.7 Å². The van der Waals surface area contributed by atoms with E-state index in [0.717, 1.165) is 16.8 Å². The molecule has 1 aromatic rings. The highest BCUT2D eigenvalue weighted by Gasteiger charge is 2.20. The molecule has 74 valence electrons. The van der Waals surface area contributed by atoms with Gasteiger partial charge in [0.25, 0.3) is 0 Å². The van der Waals surface area contributed by atoms with Gasteiger partial charge < -0.3 is 5.32 Å². The van der Waals surface area contributed by atoms with Crippen molar-refractivity contribution in [3.63, 3.8) is 0 Å². The van der Waals surface area contributed by atoms with E-state index in [1.54, 1.807) is 12.1 Å². The number of rotatable bonds is 0. The Hall–Kier alpha value is -1.31. The lowest BCUT2D eigenvalue weighted by Crippen LogP contribution is -2.30. The number of anilines is 1. The molecule has 1 aromatic carbocycles. The van der Waals surface area contributed by atoms with Crippen LogP contribution < -0.4 is 5.32 Å². The predicted molar refractivity (Wildman–Crippen MR) is 57.9 cm³/mol. The van der Waals surface area contributed by atoms with Crippen molar-refractivity contribution in [2.24, 2.45) is 0 Å². The fourth-order valence-electron chi connectivity index (χ4n) is 1.76. The molecule has 0 aromatic heterocycles. The average molecular weight is 191 g/mol. The molecule has 1 nitrogen and oxygen atoms in total. The van der Waals surface area contributed by atoms with Gasteiger partial charge in [-0.05, 0) is 38.5 Å². The minimum absolute atomic E-state index is 0.0900. The van der Waals surface area contributed by atoms with Crippen LogP contribution in [0.15, 0.2) is 18.2 Å². The van der Waals surface area contributed by atoms with Crippen molar-refractivity contribution in [1.82, 2.24) is 0 Å². The topological polar surface area (TPSA) is 12.0 Å². The molecule has 0 bridgehead atoms. The van der Waals surface area contributed by atoms with Crippen molar-refractivity contribution in [2.75, 3.05) is 5.32 Å². The highest BCUT2D eigenvalue weighted by atomic mass is 19.1. The van der Waals surface area contributed by atoms with E-state index in [-0.39, 0.29) is 11.4 Å². The minimum Gasteiger partial charge on any atom is -0.376 e. The summed E-state index contributed by atoms with van der Waals surface area (Å²) in [5, 5.41) is 3.29. The van der Waals surface area contributed by atoms with Crippen LogP contribution in [0.4, 0.5) is 10.1 Å². The van der Waals surface area contributed by atoms with Crippen LogP contribution in [-0.2, 0) is 0 Å². The van der Waals surface area contributed by atoms with Gasteiger partial charge in [0, 0.05) is 11.3 Å². The molecule has 0 saturated carbocycles. The molecule has 0 aliphatic carbocycles. The van der Waals surface area contributed by atoms with E-state index >= 15 is 0 Å². The third-order valence-electron chi connectivity index (χ3n) is 2.48. The number of halogens is 1. The third kappa shape index (κ3) is 1.52. The summed E-state index contributed by atoms with van der Waals surface area (Å²) in [6.45, 7) is 6.05. The van der Waals surface area contributed by atoms with Crippen LogP contribution in [0.5, 0.6) is 0 Å². The summed E-state index contributed by atoms with van der Waals surface area (Å²) < 4.78 is 13.1. The zero-order chi connectivity index (χ0) is 10.3. The van der Waals surface area contributed by atoms with Gasteiger partial charge in [0.15, 0.2) is 0 Å². The number of nitrogens with one attached hydrogen (secondary N) is 1. The number of fused-ring (bicyclic) bond motifs is 1. The lowest BCUT2D eigenvalue weighted by Gasteiger charge is -2.29. The summed E-state index contributed by atoms with van der Waals surface area (Å²) >= 11 is 0. The first-order valence-corrected chi connectivity index (χ1v) is 4.75. The standard InChI is InChI=1S/C12H14FN/c1-8-6-9(13)7-11-10(8)4-5-12(2,3)14-11/h4-7,14H,1-3H3. The average Bonchev–Trinajstić information content (AvgIpc) is 2.00. The SMILES string of the molecule is Cc1cc(F)cc2c1C=CC(C)(C)N2. The van der Waals surface area contributed by atoms with Gasteiger partial charge in [-0.2, -0.15) is 0 Å². The Bertz CT molecular complexity index is 405. The van der Waals surface area contributed by atoms with Crippen LogP contribution in [0.25, 0.3) is 6.08 Å². The number of hydrogen-bond donors (Lipinski definition) is 1. The summed E-state index contributed by atoms with van der Waals surface area (Å²) in [6.07, 6.45) is 4.15. The largest absolute Gasteiger partial charge is 0.376 e. The van der Waals surface area contributed by atoms with Gasteiger partial charge in [-0.1, -0.05) is 12.2 Å². The molecule has 0 fully saturated rings. The molecule has 14 heavy (non-hydrogen) atoms. The van der Waals surface area contributed by atoms with E-state index in [2.05, 4.69) is 31.3 Å². The first kappa shape index (κ1) is 9.25. The molecule has 1 aliphatic heterocycles. The van der Waals surface area contributed by atoms with Crippen LogP contribution in [0.2, 0.25) is 0 Å². The fourth-order valence-corrected chi connectivity index (χ4v) is 1.76. The van der Waals surface area contributed by atoms with E-state index in [1.807, 2.05) is 6.92 Å². The van der Waals surface area contributed by atoms with Crippen molar-refractivity contribution in [3.05, 3.63) is 35.2 Å². The molecule has 0 amide bonds. The summed E-state index contributed by atoms with van der Waals surface area (Å²) in [4.78, 5) is 0. The molecule has 1 heterocycles. The highest BCUT2D eigenvalue weighted by Crippen LogP contribution is 2.30. The zero-order valence-corrected chi connectivity index (χ0v) is 8.69. The molecular formula is C12H14FN. The van der Waals surface area contributed by atoms with Gasteiger partial charge in [0.1, 0.15) is 5.82 Å². The Morgan fingerprint density at radius 2 is 2.00 bits per heavy atom. The van der Waals surface area contributed by atoms with Crippen molar-refractivity contribution in [3.8, 4) is 0 Å². The Balaban J connectivity index is 2.56. The third-order valence-corrected chi connectivity index (χ3v) is 2.48. The minimum atomic E-state index is -0.181. The van der Waals surface area contributed by atoms with E-state index < -0.39 is 0 Å². The number of benzene rings is 1.